The van der Waals surface area contributed by atoms with Crippen molar-refractivity contribution in [2.45, 2.75) is 0 Å². The summed E-state index contributed by atoms with van der Waals surface area (Å²) in [6.07, 6.45) is 0. The minimum atomic E-state index is 0.440. The van der Waals surface area contributed by atoms with Crippen molar-refractivity contribution in [1.82, 2.24) is 10.1 Å². The second-order valence-corrected chi connectivity index (χ2v) is 6.86. The number of anilines is 1. The average molecular weight is 448 g/mol. The summed E-state index contributed by atoms with van der Waals surface area (Å²) in [4.78, 5) is 5.34. The van der Waals surface area contributed by atoms with Gasteiger partial charge in [-0.05, 0) is 62.8 Å². The van der Waals surface area contributed by atoms with E-state index < -0.39 is 0 Å². The van der Waals surface area contributed by atoms with Gasteiger partial charge >= 0.3 is 0 Å². The summed E-state index contributed by atoms with van der Waals surface area (Å²) in [6.45, 7) is 0. The van der Waals surface area contributed by atoms with E-state index in [1.54, 1.807) is 11.3 Å². The van der Waals surface area contributed by atoms with E-state index in [-0.39, 0.29) is 0 Å². The van der Waals surface area contributed by atoms with E-state index in [1.807, 2.05) is 29.6 Å². The number of nitrogens with two attached hydrogens (primary N) is 1. The van der Waals surface area contributed by atoms with Gasteiger partial charge < -0.3 is 10.3 Å². The van der Waals surface area contributed by atoms with Crippen LogP contribution in [0.2, 0.25) is 0 Å². The van der Waals surface area contributed by atoms with Crippen LogP contribution in [0.25, 0.3) is 22.2 Å². The first-order chi connectivity index (χ1) is 9.13. The molecule has 0 radical (unpaired) electrons. The van der Waals surface area contributed by atoms with Gasteiger partial charge in [0.1, 0.15) is 0 Å². The normalized spacial score (nSPS) is 10.8. The summed E-state index contributed by atoms with van der Waals surface area (Å²) in [5.41, 5.74) is 7.33. The van der Waals surface area contributed by atoms with Gasteiger partial charge in [0, 0.05) is 19.1 Å². The highest BCUT2D eigenvalue weighted by molar-refractivity contribution is 14.1. The van der Waals surface area contributed by atoms with Gasteiger partial charge in [0.2, 0.25) is 5.82 Å². The maximum absolute atomic E-state index is 5.94. The summed E-state index contributed by atoms with van der Waals surface area (Å²) < 4.78 is 7.37. The Morgan fingerprint density at radius 3 is 2.89 bits per heavy atom. The summed E-state index contributed by atoms with van der Waals surface area (Å²) >= 11 is 7.18. The minimum absolute atomic E-state index is 0.440. The van der Waals surface area contributed by atoms with Crippen molar-refractivity contribution >= 4 is 55.5 Å². The molecule has 0 aliphatic carbocycles. The number of hydrogen-bond donors (Lipinski definition) is 1. The Morgan fingerprint density at radius 1 is 1.32 bits per heavy atom. The standard InChI is InChI=1S/C12H7BrIN3OS/c13-6-3-10(19-5-6)11-16-12(18-17-11)8-4-7(14)1-2-9(8)15/h1-5H,15H2. The second-order valence-electron chi connectivity index (χ2n) is 3.78. The molecule has 0 saturated heterocycles. The lowest BCUT2D eigenvalue weighted by atomic mass is 10.2. The molecule has 0 spiro atoms. The Bertz CT molecular complexity index is 740. The first-order valence-electron chi connectivity index (χ1n) is 5.27. The topological polar surface area (TPSA) is 64.9 Å². The number of halogens is 2. The third-order valence-corrected chi connectivity index (χ3v) is 4.82. The number of nitrogens with zero attached hydrogens (tertiary/aromatic N) is 2. The molecule has 2 aromatic heterocycles. The van der Waals surface area contributed by atoms with E-state index >= 15 is 0 Å². The molecule has 3 rings (SSSR count). The quantitative estimate of drug-likeness (QED) is 0.466. The van der Waals surface area contributed by atoms with Crippen molar-refractivity contribution in [2.24, 2.45) is 0 Å². The van der Waals surface area contributed by atoms with Crippen LogP contribution in [-0.4, -0.2) is 10.1 Å². The van der Waals surface area contributed by atoms with Gasteiger partial charge in [-0.3, -0.25) is 0 Å². The Labute approximate surface area is 135 Å². The number of aromatic nitrogens is 2. The summed E-state index contributed by atoms with van der Waals surface area (Å²) in [6, 6.07) is 7.66. The maximum Gasteiger partial charge on any atom is 0.260 e. The lowest BCUT2D eigenvalue weighted by Crippen LogP contribution is -1.90. The fraction of sp³-hybridized carbons (Fsp3) is 0. The molecule has 4 nitrogen and oxygen atoms in total. The van der Waals surface area contributed by atoms with Crippen LogP contribution < -0.4 is 5.73 Å². The zero-order chi connectivity index (χ0) is 13.4. The molecular formula is C12H7BrIN3OS. The van der Waals surface area contributed by atoms with Crippen LogP contribution in [0.4, 0.5) is 5.69 Å². The monoisotopic (exact) mass is 447 g/mol. The van der Waals surface area contributed by atoms with Crippen LogP contribution in [0.3, 0.4) is 0 Å². The Morgan fingerprint density at radius 2 is 2.16 bits per heavy atom. The zero-order valence-corrected chi connectivity index (χ0v) is 14.0. The van der Waals surface area contributed by atoms with E-state index in [2.05, 4.69) is 48.7 Å². The van der Waals surface area contributed by atoms with Crippen LogP contribution in [-0.2, 0) is 0 Å². The van der Waals surface area contributed by atoms with Gasteiger partial charge in [0.25, 0.3) is 5.89 Å². The molecule has 0 bridgehead atoms. The SMILES string of the molecule is Nc1ccc(I)cc1-c1nc(-c2cc(Br)cs2)no1. The molecule has 0 amide bonds. The predicted molar refractivity (Wildman–Crippen MR) is 87.9 cm³/mol. The summed E-state index contributed by atoms with van der Waals surface area (Å²) in [7, 11) is 0. The molecule has 7 heteroatoms. The molecule has 0 aliphatic rings. The van der Waals surface area contributed by atoms with Gasteiger partial charge in [0.15, 0.2) is 0 Å². The van der Waals surface area contributed by atoms with Gasteiger partial charge in [-0.15, -0.1) is 11.3 Å². The molecule has 2 N–H and O–H groups in total. The predicted octanol–water partition coefficient (Wildman–Crippen LogP) is 4.41. The number of nitrogen functional groups attached to an aromatic ring is 1. The molecule has 0 aliphatic heterocycles. The lowest BCUT2D eigenvalue weighted by Gasteiger charge is -2.00. The highest BCUT2D eigenvalue weighted by Gasteiger charge is 2.14. The third-order valence-electron chi connectivity index (χ3n) is 2.46. The van der Waals surface area contributed by atoms with Crippen molar-refractivity contribution in [2.75, 3.05) is 5.73 Å². The lowest BCUT2D eigenvalue weighted by molar-refractivity contribution is 0.432. The molecule has 19 heavy (non-hydrogen) atoms. The molecule has 2 heterocycles. The molecule has 0 fully saturated rings. The Balaban J connectivity index is 2.03. The van der Waals surface area contributed by atoms with Crippen LogP contribution in [0.1, 0.15) is 0 Å². The highest BCUT2D eigenvalue weighted by atomic mass is 127. The molecule has 3 aromatic rings. The van der Waals surface area contributed by atoms with Crippen LogP contribution >= 0.6 is 49.9 Å². The van der Waals surface area contributed by atoms with Crippen LogP contribution in [0.5, 0.6) is 0 Å². The molecule has 96 valence electrons. The fourth-order valence-electron chi connectivity index (χ4n) is 1.58. The number of rotatable bonds is 2. The number of hydrogen-bond acceptors (Lipinski definition) is 5. The fourth-order valence-corrected chi connectivity index (χ4v) is 3.42. The smallest absolute Gasteiger partial charge is 0.260 e. The summed E-state index contributed by atoms with van der Waals surface area (Å²) in [5, 5.41) is 5.97. The molecular weight excluding hydrogens is 441 g/mol. The number of benzene rings is 1. The van der Waals surface area contributed by atoms with Crippen LogP contribution in [0, 0.1) is 3.57 Å². The van der Waals surface area contributed by atoms with Crippen molar-refractivity contribution in [3.05, 3.63) is 37.7 Å². The van der Waals surface area contributed by atoms with E-state index in [0.717, 1.165) is 18.5 Å². The largest absolute Gasteiger partial charge is 0.398 e. The van der Waals surface area contributed by atoms with Crippen molar-refractivity contribution in [3.8, 4) is 22.2 Å². The maximum atomic E-state index is 5.94. The first-order valence-corrected chi connectivity index (χ1v) is 8.02. The van der Waals surface area contributed by atoms with Gasteiger partial charge in [-0.2, -0.15) is 4.98 Å². The van der Waals surface area contributed by atoms with Gasteiger partial charge in [0.05, 0.1) is 10.4 Å². The van der Waals surface area contributed by atoms with Crippen molar-refractivity contribution in [1.29, 1.82) is 0 Å². The minimum Gasteiger partial charge on any atom is -0.398 e. The van der Waals surface area contributed by atoms with E-state index in [4.69, 9.17) is 10.3 Å². The van der Waals surface area contributed by atoms with Crippen molar-refractivity contribution < 1.29 is 4.52 Å². The average Bonchev–Trinajstić information content (AvgIpc) is 3.00. The third kappa shape index (κ3) is 2.67. The van der Waals surface area contributed by atoms with E-state index in [1.165, 1.54) is 0 Å². The Hall–Kier alpha value is -0.930. The molecule has 0 saturated carbocycles. The van der Waals surface area contributed by atoms with E-state index in [0.29, 0.717) is 17.4 Å². The first kappa shape index (κ1) is 13.1. The van der Waals surface area contributed by atoms with Gasteiger partial charge in [-0.25, -0.2) is 0 Å². The Kier molecular flexibility index (Phi) is 3.59. The van der Waals surface area contributed by atoms with Gasteiger partial charge in [-0.1, -0.05) is 5.16 Å². The van der Waals surface area contributed by atoms with E-state index in [9.17, 15) is 0 Å². The highest BCUT2D eigenvalue weighted by Crippen LogP contribution is 2.31. The van der Waals surface area contributed by atoms with Crippen molar-refractivity contribution in [3.63, 3.8) is 0 Å². The molecule has 0 unspecified atom stereocenters. The zero-order valence-electron chi connectivity index (χ0n) is 9.43. The molecule has 1 aromatic carbocycles. The number of thiophene rings is 1. The summed E-state index contributed by atoms with van der Waals surface area (Å²) in [5.74, 6) is 1.01. The second kappa shape index (κ2) is 5.22. The van der Waals surface area contributed by atoms with Crippen LogP contribution in [0.15, 0.2) is 38.6 Å². The molecule has 0 atom stereocenters.